The van der Waals surface area contributed by atoms with Crippen LogP contribution in [-0.4, -0.2) is 49.5 Å². The molecule has 8 nitrogen and oxygen atoms in total. The van der Waals surface area contributed by atoms with Gasteiger partial charge in [0.2, 0.25) is 5.91 Å². The lowest BCUT2D eigenvalue weighted by molar-refractivity contribution is -0.136. The molecule has 4 amide bonds. The van der Waals surface area contributed by atoms with Gasteiger partial charge in [-0.3, -0.25) is 14.5 Å². The third-order valence-electron chi connectivity index (χ3n) is 5.57. The van der Waals surface area contributed by atoms with Crippen molar-refractivity contribution < 1.29 is 22.8 Å². The summed E-state index contributed by atoms with van der Waals surface area (Å²) in [6, 6.07) is 3.34. The van der Waals surface area contributed by atoms with Crippen LogP contribution in [0.5, 0.6) is 0 Å². The molecule has 0 unspecified atom stereocenters. The molecule has 3 rings (SSSR count). The quantitative estimate of drug-likeness (QED) is 0.678. The van der Waals surface area contributed by atoms with Gasteiger partial charge in [-0.1, -0.05) is 32.4 Å². The predicted octanol–water partition coefficient (Wildman–Crippen LogP) is 2.82. The molecule has 1 saturated carbocycles. The lowest BCUT2D eigenvalue weighted by Gasteiger charge is -2.43. The number of nitrogens with one attached hydrogen (secondary N) is 2. The van der Waals surface area contributed by atoms with Crippen molar-refractivity contribution in [2.24, 2.45) is 11.3 Å². The number of rotatable bonds is 4. The highest BCUT2D eigenvalue weighted by Crippen LogP contribution is 2.46. The summed E-state index contributed by atoms with van der Waals surface area (Å²) in [4.78, 5) is 39.1. The van der Waals surface area contributed by atoms with Crippen LogP contribution in [0.15, 0.2) is 23.1 Å². The minimum Gasteiger partial charge on any atom is -0.323 e. The Bertz CT molecular complexity index is 1020. The number of hydrogen-bond acceptors (Lipinski definition) is 5. The van der Waals surface area contributed by atoms with E-state index in [1.54, 1.807) is 0 Å². The Morgan fingerprint density at radius 2 is 1.97 bits per heavy atom. The molecule has 0 aromatic heterocycles. The summed E-state index contributed by atoms with van der Waals surface area (Å²) in [6.45, 7) is 5.70. The second kappa shape index (κ2) is 7.53. The highest BCUT2D eigenvalue weighted by Gasteiger charge is 2.56. The zero-order valence-electron chi connectivity index (χ0n) is 17.4. The minimum absolute atomic E-state index is 0.00503. The molecule has 164 valence electrons. The summed E-state index contributed by atoms with van der Waals surface area (Å²) >= 11 is 6.06. The molecular weight excluding hydrogens is 430 g/mol. The largest absolute Gasteiger partial charge is 0.325 e. The maximum absolute atomic E-state index is 13.1. The number of amides is 4. The van der Waals surface area contributed by atoms with Crippen molar-refractivity contribution in [3.05, 3.63) is 23.2 Å². The fraction of sp³-hybridized carbons (Fsp3) is 0.550. The molecule has 1 saturated heterocycles. The zero-order chi connectivity index (χ0) is 22.5. The van der Waals surface area contributed by atoms with Crippen LogP contribution in [0.2, 0.25) is 5.02 Å². The van der Waals surface area contributed by atoms with E-state index in [4.69, 9.17) is 11.6 Å². The molecule has 2 fully saturated rings. The molecule has 0 bridgehead atoms. The molecule has 1 aliphatic heterocycles. The van der Waals surface area contributed by atoms with Gasteiger partial charge in [0.1, 0.15) is 12.1 Å². The van der Waals surface area contributed by atoms with Gasteiger partial charge in [-0.05, 0) is 48.8 Å². The summed E-state index contributed by atoms with van der Waals surface area (Å²) in [7, 11) is -3.49. The van der Waals surface area contributed by atoms with Crippen molar-refractivity contribution in [3.63, 3.8) is 0 Å². The fourth-order valence-electron chi connectivity index (χ4n) is 4.81. The van der Waals surface area contributed by atoms with Gasteiger partial charge >= 0.3 is 6.03 Å². The third-order valence-corrected chi connectivity index (χ3v) is 7.01. The molecule has 0 radical (unpaired) electrons. The molecular formula is C20H26ClN3O5S. The van der Waals surface area contributed by atoms with E-state index in [2.05, 4.69) is 24.5 Å². The van der Waals surface area contributed by atoms with Crippen molar-refractivity contribution in [3.8, 4) is 0 Å². The van der Waals surface area contributed by atoms with Crippen LogP contribution in [0.3, 0.4) is 0 Å². The Morgan fingerprint density at radius 3 is 2.57 bits per heavy atom. The van der Waals surface area contributed by atoms with Crippen molar-refractivity contribution in [2.45, 2.75) is 50.5 Å². The van der Waals surface area contributed by atoms with Gasteiger partial charge in [-0.25, -0.2) is 13.2 Å². The predicted molar refractivity (Wildman–Crippen MR) is 113 cm³/mol. The average molecular weight is 456 g/mol. The molecule has 2 atom stereocenters. The summed E-state index contributed by atoms with van der Waals surface area (Å²) < 4.78 is 23.5. The maximum Gasteiger partial charge on any atom is 0.325 e. The molecule has 1 aromatic rings. The van der Waals surface area contributed by atoms with E-state index >= 15 is 0 Å². The number of carbonyl (C=O) groups is 3. The maximum atomic E-state index is 13.1. The topological polar surface area (TPSA) is 113 Å². The highest BCUT2D eigenvalue weighted by molar-refractivity contribution is 7.90. The Hall–Kier alpha value is -2.13. The van der Waals surface area contributed by atoms with Crippen LogP contribution in [0.1, 0.15) is 40.0 Å². The Kier molecular flexibility index (Phi) is 5.66. The first-order valence-corrected chi connectivity index (χ1v) is 11.9. The van der Waals surface area contributed by atoms with Gasteiger partial charge in [0.25, 0.3) is 5.91 Å². The van der Waals surface area contributed by atoms with E-state index in [0.717, 1.165) is 17.6 Å². The van der Waals surface area contributed by atoms with Crippen LogP contribution in [0.25, 0.3) is 0 Å². The summed E-state index contributed by atoms with van der Waals surface area (Å²) in [6.07, 6.45) is 3.03. The van der Waals surface area contributed by atoms with Crippen LogP contribution >= 0.6 is 11.6 Å². The van der Waals surface area contributed by atoms with Crippen molar-refractivity contribution >= 4 is 45.0 Å². The molecule has 2 N–H and O–H groups in total. The Balaban J connectivity index is 1.77. The first-order chi connectivity index (χ1) is 13.7. The number of sulfone groups is 1. The first-order valence-electron chi connectivity index (χ1n) is 9.66. The van der Waals surface area contributed by atoms with Gasteiger partial charge in [-0.2, -0.15) is 0 Å². The lowest BCUT2D eigenvalue weighted by Crippen LogP contribution is -2.54. The number of benzene rings is 1. The van der Waals surface area contributed by atoms with Crippen LogP contribution < -0.4 is 10.6 Å². The number of urea groups is 1. The van der Waals surface area contributed by atoms with Crippen molar-refractivity contribution in [1.82, 2.24) is 10.2 Å². The van der Waals surface area contributed by atoms with Crippen molar-refractivity contribution in [2.75, 3.05) is 18.1 Å². The number of carbonyl (C=O) groups excluding carboxylic acids is 3. The standard InChI is InChI=1S/C20H26ClN3O5S/c1-12-8-19(2,3)11-20(9-12)17(26)24(18(27)23-20)10-16(25)22-15-7-13(30(4,28)29)5-6-14(15)21/h5-7,12H,8-11H2,1-4H3,(H,22,25)(H,23,27)/t12-,20-/m0/s1. The monoisotopic (exact) mass is 455 g/mol. The Labute approximate surface area is 181 Å². The smallest absolute Gasteiger partial charge is 0.323 e. The van der Waals surface area contributed by atoms with E-state index in [1.165, 1.54) is 18.2 Å². The number of halogens is 1. The van der Waals surface area contributed by atoms with Crippen LogP contribution in [0, 0.1) is 11.3 Å². The highest BCUT2D eigenvalue weighted by atomic mass is 35.5. The number of hydrogen-bond donors (Lipinski definition) is 2. The molecule has 1 aromatic carbocycles. The van der Waals surface area contributed by atoms with E-state index in [0.29, 0.717) is 12.8 Å². The molecule has 2 aliphatic rings. The average Bonchev–Trinajstić information content (AvgIpc) is 2.77. The number of nitrogens with zero attached hydrogens (tertiary/aromatic N) is 1. The van der Waals surface area contributed by atoms with E-state index < -0.39 is 39.8 Å². The zero-order valence-corrected chi connectivity index (χ0v) is 19.0. The summed E-state index contributed by atoms with van der Waals surface area (Å²) in [5.41, 5.74) is -1.01. The molecule has 10 heteroatoms. The lowest BCUT2D eigenvalue weighted by atomic mass is 9.64. The number of imide groups is 1. The third kappa shape index (κ3) is 4.46. The molecule has 30 heavy (non-hydrogen) atoms. The van der Waals surface area contributed by atoms with Crippen LogP contribution in [-0.2, 0) is 19.4 Å². The van der Waals surface area contributed by atoms with Crippen molar-refractivity contribution in [1.29, 1.82) is 0 Å². The van der Waals surface area contributed by atoms with Gasteiger partial charge in [0, 0.05) is 6.26 Å². The second-order valence-corrected chi connectivity index (χ2v) is 11.6. The molecule has 1 heterocycles. The van der Waals surface area contributed by atoms with Gasteiger partial charge < -0.3 is 10.6 Å². The molecule has 1 aliphatic carbocycles. The van der Waals surface area contributed by atoms with E-state index in [9.17, 15) is 22.8 Å². The summed E-state index contributed by atoms with van der Waals surface area (Å²) in [5, 5.41) is 5.46. The van der Waals surface area contributed by atoms with Gasteiger partial charge in [0.15, 0.2) is 9.84 Å². The number of anilines is 1. The summed E-state index contributed by atoms with van der Waals surface area (Å²) in [5.74, 6) is -0.797. The van der Waals surface area contributed by atoms with Crippen LogP contribution in [0.4, 0.5) is 10.5 Å². The molecule has 1 spiro atoms. The normalized spacial score (nSPS) is 26.0. The van der Waals surface area contributed by atoms with E-state index in [-0.39, 0.29) is 26.9 Å². The van der Waals surface area contributed by atoms with E-state index in [1.807, 2.05) is 6.92 Å². The minimum atomic E-state index is -3.49. The first kappa shape index (κ1) is 22.6. The van der Waals surface area contributed by atoms with Gasteiger partial charge in [0.05, 0.1) is 15.6 Å². The SMILES string of the molecule is C[C@H]1CC(C)(C)C[C@]2(C1)NC(=O)N(CC(=O)Nc1cc(S(C)(=O)=O)ccc1Cl)C2=O. The fourth-order valence-corrected chi connectivity index (χ4v) is 5.63. The Morgan fingerprint density at radius 1 is 1.30 bits per heavy atom. The van der Waals surface area contributed by atoms with Gasteiger partial charge in [-0.15, -0.1) is 0 Å². The second-order valence-electron chi connectivity index (χ2n) is 9.22.